The van der Waals surface area contributed by atoms with E-state index in [4.69, 9.17) is 4.74 Å². The van der Waals surface area contributed by atoms with Crippen LogP contribution in [0.4, 0.5) is 0 Å². The summed E-state index contributed by atoms with van der Waals surface area (Å²) in [7, 11) is 0. The molecule has 0 atom stereocenters. The van der Waals surface area contributed by atoms with Gasteiger partial charge in [-0.2, -0.15) is 0 Å². The minimum Gasteiger partial charge on any atom is -0.493 e. The summed E-state index contributed by atoms with van der Waals surface area (Å²) in [5.74, 6) is 0.948. The van der Waals surface area contributed by atoms with Crippen LogP contribution in [0.25, 0.3) is 0 Å². The minimum absolute atomic E-state index is 0.723. The van der Waals surface area contributed by atoms with Gasteiger partial charge in [-0.15, -0.1) is 6.58 Å². The van der Waals surface area contributed by atoms with Gasteiger partial charge in [0.1, 0.15) is 5.75 Å². The molecule has 0 fully saturated rings. The molecule has 1 rings (SSSR count). The Balaban J connectivity index is 2.40. The van der Waals surface area contributed by atoms with Crippen molar-refractivity contribution in [1.82, 2.24) is 0 Å². The van der Waals surface area contributed by atoms with Crippen molar-refractivity contribution in [3.8, 4) is 5.75 Å². The molecule has 0 N–H and O–H groups in total. The van der Waals surface area contributed by atoms with Gasteiger partial charge in [0.05, 0.1) is 6.61 Å². The second kappa shape index (κ2) is 5.48. The van der Waals surface area contributed by atoms with Crippen LogP contribution in [0.3, 0.4) is 0 Å². The van der Waals surface area contributed by atoms with Crippen LogP contribution in [0, 0.1) is 0 Å². The highest BCUT2D eigenvalue weighted by Crippen LogP contribution is 2.13. The van der Waals surface area contributed by atoms with Gasteiger partial charge >= 0.3 is 0 Å². The maximum atomic E-state index is 5.56. The summed E-state index contributed by atoms with van der Waals surface area (Å²) in [5.41, 5.74) is 2.51. The molecule has 0 aromatic heterocycles. The molecule has 0 aliphatic heterocycles. The summed E-state index contributed by atoms with van der Waals surface area (Å²) in [6, 6.07) is 8.26. The summed E-state index contributed by atoms with van der Waals surface area (Å²) < 4.78 is 5.56. The fourth-order valence-corrected chi connectivity index (χ4v) is 1.16. The predicted molar refractivity (Wildman–Crippen MR) is 60.7 cm³/mol. The maximum Gasteiger partial charge on any atom is 0.119 e. The highest BCUT2D eigenvalue weighted by Gasteiger charge is 1.94. The first kappa shape index (κ1) is 10.8. The average Bonchev–Trinajstić information content (AvgIpc) is 2.18. The van der Waals surface area contributed by atoms with Gasteiger partial charge in [0.2, 0.25) is 0 Å². The predicted octanol–water partition coefficient (Wildman–Crippen LogP) is 3.59. The SMILES string of the molecule is C=C(C)CCOc1ccc(CC)cc1. The molecule has 1 heteroatoms. The van der Waals surface area contributed by atoms with E-state index in [-0.39, 0.29) is 0 Å². The second-order valence-electron chi connectivity index (χ2n) is 3.55. The van der Waals surface area contributed by atoms with Crippen LogP contribution in [0.1, 0.15) is 25.8 Å². The number of rotatable bonds is 5. The molecule has 0 bridgehead atoms. The van der Waals surface area contributed by atoms with Gasteiger partial charge in [-0.3, -0.25) is 0 Å². The van der Waals surface area contributed by atoms with E-state index in [1.54, 1.807) is 0 Å². The minimum atomic E-state index is 0.723. The Bertz CT molecular complexity index is 285. The Labute approximate surface area is 86.4 Å². The van der Waals surface area contributed by atoms with Gasteiger partial charge in [0.25, 0.3) is 0 Å². The zero-order valence-electron chi connectivity index (χ0n) is 9.05. The van der Waals surface area contributed by atoms with E-state index in [1.807, 2.05) is 19.1 Å². The lowest BCUT2D eigenvalue weighted by Gasteiger charge is -2.06. The highest BCUT2D eigenvalue weighted by molar-refractivity contribution is 5.27. The largest absolute Gasteiger partial charge is 0.493 e. The first-order chi connectivity index (χ1) is 6.72. The van der Waals surface area contributed by atoms with E-state index in [1.165, 1.54) is 5.56 Å². The monoisotopic (exact) mass is 190 g/mol. The molecule has 1 aromatic rings. The summed E-state index contributed by atoms with van der Waals surface area (Å²) in [4.78, 5) is 0. The van der Waals surface area contributed by atoms with Crippen LogP contribution in [-0.2, 0) is 6.42 Å². The van der Waals surface area contributed by atoms with Gasteiger partial charge in [-0.1, -0.05) is 24.6 Å². The van der Waals surface area contributed by atoms with Crippen LogP contribution in [0.5, 0.6) is 5.75 Å². The molecule has 0 radical (unpaired) electrons. The van der Waals surface area contributed by atoms with Gasteiger partial charge in [-0.25, -0.2) is 0 Å². The van der Waals surface area contributed by atoms with Crippen molar-refractivity contribution in [3.63, 3.8) is 0 Å². The topological polar surface area (TPSA) is 9.23 Å². The second-order valence-corrected chi connectivity index (χ2v) is 3.55. The third-order valence-electron chi connectivity index (χ3n) is 2.13. The summed E-state index contributed by atoms with van der Waals surface area (Å²) in [5, 5.41) is 0. The molecule has 1 nitrogen and oxygen atoms in total. The van der Waals surface area contributed by atoms with Gasteiger partial charge in [-0.05, 0) is 31.0 Å². The molecule has 0 aliphatic carbocycles. The van der Waals surface area contributed by atoms with E-state index >= 15 is 0 Å². The number of hydrogen-bond acceptors (Lipinski definition) is 1. The summed E-state index contributed by atoms with van der Waals surface area (Å²) in [6.07, 6.45) is 2.00. The molecule has 14 heavy (non-hydrogen) atoms. The molecular weight excluding hydrogens is 172 g/mol. The van der Waals surface area contributed by atoms with Gasteiger partial charge < -0.3 is 4.74 Å². The Morgan fingerprint density at radius 2 is 1.93 bits per heavy atom. The molecular formula is C13H18O. The zero-order chi connectivity index (χ0) is 10.4. The summed E-state index contributed by atoms with van der Waals surface area (Å²) >= 11 is 0. The fourth-order valence-electron chi connectivity index (χ4n) is 1.16. The van der Waals surface area contributed by atoms with Crippen molar-refractivity contribution < 1.29 is 4.74 Å². The van der Waals surface area contributed by atoms with Crippen LogP contribution in [0.15, 0.2) is 36.4 Å². The molecule has 0 amide bonds. The lowest BCUT2D eigenvalue weighted by Crippen LogP contribution is -1.97. The normalized spacial score (nSPS) is 9.86. The van der Waals surface area contributed by atoms with Crippen molar-refractivity contribution in [2.75, 3.05) is 6.61 Å². The van der Waals surface area contributed by atoms with Crippen molar-refractivity contribution in [2.24, 2.45) is 0 Å². The van der Waals surface area contributed by atoms with Crippen LogP contribution >= 0.6 is 0 Å². The molecule has 0 aliphatic rings. The number of benzene rings is 1. The third-order valence-corrected chi connectivity index (χ3v) is 2.13. The van der Waals surface area contributed by atoms with E-state index < -0.39 is 0 Å². The Morgan fingerprint density at radius 3 is 2.43 bits per heavy atom. The van der Waals surface area contributed by atoms with Crippen molar-refractivity contribution in [2.45, 2.75) is 26.7 Å². The van der Waals surface area contributed by atoms with Crippen LogP contribution in [-0.4, -0.2) is 6.61 Å². The number of aryl methyl sites for hydroxylation is 1. The number of hydrogen-bond donors (Lipinski definition) is 0. The molecule has 76 valence electrons. The van der Waals surface area contributed by atoms with Crippen LogP contribution < -0.4 is 4.74 Å². The van der Waals surface area contributed by atoms with E-state index in [0.717, 1.165) is 30.8 Å². The lowest BCUT2D eigenvalue weighted by atomic mass is 10.2. The number of ether oxygens (including phenoxy) is 1. The third kappa shape index (κ3) is 3.65. The van der Waals surface area contributed by atoms with Gasteiger partial charge in [0, 0.05) is 6.42 Å². The lowest BCUT2D eigenvalue weighted by molar-refractivity contribution is 0.321. The average molecular weight is 190 g/mol. The first-order valence-electron chi connectivity index (χ1n) is 5.08. The quantitative estimate of drug-likeness (QED) is 0.645. The van der Waals surface area contributed by atoms with Crippen molar-refractivity contribution >= 4 is 0 Å². The van der Waals surface area contributed by atoms with E-state index in [9.17, 15) is 0 Å². The standard InChI is InChI=1S/C13H18O/c1-4-12-5-7-13(8-6-12)14-10-9-11(2)3/h5-8H,2,4,9-10H2,1,3H3. The maximum absolute atomic E-state index is 5.56. The molecule has 0 saturated carbocycles. The molecule has 1 aromatic carbocycles. The zero-order valence-corrected chi connectivity index (χ0v) is 9.05. The molecule has 0 saturated heterocycles. The Hall–Kier alpha value is -1.24. The van der Waals surface area contributed by atoms with E-state index in [0.29, 0.717) is 0 Å². The molecule has 0 heterocycles. The first-order valence-corrected chi connectivity index (χ1v) is 5.08. The summed E-state index contributed by atoms with van der Waals surface area (Å²) in [6.45, 7) is 8.72. The van der Waals surface area contributed by atoms with Crippen LogP contribution in [0.2, 0.25) is 0 Å². The Morgan fingerprint density at radius 1 is 1.29 bits per heavy atom. The fraction of sp³-hybridized carbons (Fsp3) is 0.385. The molecule has 0 unspecified atom stereocenters. The van der Waals surface area contributed by atoms with Gasteiger partial charge in [0.15, 0.2) is 0 Å². The van der Waals surface area contributed by atoms with E-state index in [2.05, 4.69) is 25.6 Å². The highest BCUT2D eigenvalue weighted by atomic mass is 16.5. The van der Waals surface area contributed by atoms with Crippen molar-refractivity contribution in [1.29, 1.82) is 0 Å². The smallest absolute Gasteiger partial charge is 0.119 e. The Kier molecular flexibility index (Phi) is 4.24. The van der Waals surface area contributed by atoms with Crippen molar-refractivity contribution in [3.05, 3.63) is 42.0 Å². The molecule has 0 spiro atoms.